The standard InChI is InChI=1S/C22H24N2O4/c1-2-27-20-10-6-4-8-18(20)24-14-15(13-21(24)25)22(26)23-17-11-12-28-19-9-5-3-7-16(17)19/h3-10,15,17H,2,11-14H2,1H3,(H,23,26)/t15-,17-/m1/s1. The number of hydrogen-bond donors (Lipinski definition) is 1. The molecule has 0 aliphatic carbocycles. The lowest BCUT2D eigenvalue weighted by Gasteiger charge is -2.27. The normalized spacial score (nSPS) is 21.0. The van der Waals surface area contributed by atoms with Crippen LogP contribution < -0.4 is 19.7 Å². The molecule has 1 saturated heterocycles. The van der Waals surface area contributed by atoms with Gasteiger partial charge < -0.3 is 19.7 Å². The lowest BCUT2D eigenvalue weighted by atomic mass is 9.99. The van der Waals surface area contributed by atoms with Crippen LogP contribution >= 0.6 is 0 Å². The van der Waals surface area contributed by atoms with E-state index in [-0.39, 0.29) is 30.2 Å². The van der Waals surface area contributed by atoms with Gasteiger partial charge in [0.05, 0.1) is 30.9 Å². The van der Waals surface area contributed by atoms with Crippen molar-refractivity contribution < 1.29 is 19.1 Å². The molecule has 2 atom stereocenters. The van der Waals surface area contributed by atoms with E-state index in [4.69, 9.17) is 9.47 Å². The first-order valence-electron chi connectivity index (χ1n) is 9.71. The van der Waals surface area contributed by atoms with Gasteiger partial charge in [-0.1, -0.05) is 30.3 Å². The van der Waals surface area contributed by atoms with Gasteiger partial charge in [-0.25, -0.2) is 0 Å². The van der Waals surface area contributed by atoms with Crippen molar-refractivity contribution in [3.63, 3.8) is 0 Å². The Bertz CT molecular complexity index is 882. The van der Waals surface area contributed by atoms with E-state index in [0.29, 0.717) is 25.5 Å². The Morgan fingerprint density at radius 3 is 2.86 bits per heavy atom. The van der Waals surface area contributed by atoms with Crippen molar-refractivity contribution in [2.75, 3.05) is 24.7 Å². The molecule has 2 aliphatic rings. The Morgan fingerprint density at radius 2 is 2.00 bits per heavy atom. The van der Waals surface area contributed by atoms with E-state index >= 15 is 0 Å². The van der Waals surface area contributed by atoms with E-state index in [9.17, 15) is 9.59 Å². The van der Waals surface area contributed by atoms with E-state index < -0.39 is 0 Å². The largest absolute Gasteiger partial charge is 0.493 e. The zero-order chi connectivity index (χ0) is 19.5. The van der Waals surface area contributed by atoms with Crippen molar-refractivity contribution in [1.82, 2.24) is 5.32 Å². The summed E-state index contributed by atoms with van der Waals surface area (Å²) in [5.41, 5.74) is 1.71. The van der Waals surface area contributed by atoms with Crippen LogP contribution in [0.3, 0.4) is 0 Å². The molecule has 1 N–H and O–H groups in total. The molecule has 0 saturated carbocycles. The molecule has 2 aliphatic heterocycles. The first-order valence-corrected chi connectivity index (χ1v) is 9.71. The molecule has 0 aromatic heterocycles. The average Bonchev–Trinajstić information content (AvgIpc) is 3.11. The quantitative estimate of drug-likeness (QED) is 0.866. The third-order valence-corrected chi connectivity index (χ3v) is 5.23. The zero-order valence-electron chi connectivity index (χ0n) is 15.9. The predicted molar refractivity (Wildman–Crippen MR) is 106 cm³/mol. The Hall–Kier alpha value is -3.02. The Morgan fingerprint density at radius 1 is 1.21 bits per heavy atom. The summed E-state index contributed by atoms with van der Waals surface area (Å²) >= 11 is 0. The number of amides is 2. The van der Waals surface area contributed by atoms with Crippen LogP contribution in [0.1, 0.15) is 31.4 Å². The molecule has 0 unspecified atom stereocenters. The highest BCUT2D eigenvalue weighted by molar-refractivity contribution is 6.01. The van der Waals surface area contributed by atoms with Crippen molar-refractivity contribution in [2.45, 2.75) is 25.8 Å². The van der Waals surface area contributed by atoms with Crippen LogP contribution in [0.4, 0.5) is 5.69 Å². The maximum absolute atomic E-state index is 12.9. The molecule has 0 bridgehead atoms. The lowest BCUT2D eigenvalue weighted by Crippen LogP contribution is -2.37. The number of rotatable bonds is 5. The fourth-order valence-corrected chi connectivity index (χ4v) is 3.86. The van der Waals surface area contributed by atoms with Gasteiger partial charge in [-0.3, -0.25) is 9.59 Å². The number of ether oxygens (including phenoxy) is 2. The van der Waals surface area contributed by atoms with Crippen LogP contribution in [0.15, 0.2) is 48.5 Å². The van der Waals surface area contributed by atoms with Gasteiger partial charge in [0.2, 0.25) is 11.8 Å². The van der Waals surface area contributed by atoms with E-state index in [2.05, 4.69) is 5.32 Å². The fraction of sp³-hybridized carbons (Fsp3) is 0.364. The minimum Gasteiger partial charge on any atom is -0.493 e. The molecule has 6 heteroatoms. The van der Waals surface area contributed by atoms with Crippen LogP contribution in [0.5, 0.6) is 11.5 Å². The van der Waals surface area contributed by atoms with Gasteiger partial charge in [0.15, 0.2) is 0 Å². The summed E-state index contributed by atoms with van der Waals surface area (Å²) < 4.78 is 11.3. The van der Waals surface area contributed by atoms with Gasteiger partial charge in [-0.2, -0.15) is 0 Å². The molecule has 2 aromatic rings. The van der Waals surface area contributed by atoms with Crippen molar-refractivity contribution in [3.05, 3.63) is 54.1 Å². The van der Waals surface area contributed by atoms with Crippen LogP contribution in [0.2, 0.25) is 0 Å². The molecular weight excluding hydrogens is 356 g/mol. The number of carbonyl (C=O) groups excluding carboxylic acids is 2. The van der Waals surface area contributed by atoms with E-state index in [1.54, 1.807) is 4.90 Å². The number of hydrogen-bond acceptors (Lipinski definition) is 4. The maximum Gasteiger partial charge on any atom is 0.227 e. The molecule has 4 rings (SSSR count). The summed E-state index contributed by atoms with van der Waals surface area (Å²) in [4.78, 5) is 27.2. The first kappa shape index (κ1) is 18.3. The number of para-hydroxylation sites is 3. The SMILES string of the molecule is CCOc1ccccc1N1C[C@H](C(=O)N[C@@H]2CCOc3ccccc32)CC1=O. The fourth-order valence-electron chi connectivity index (χ4n) is 3.86. The molecule has 2 amide bonds. The number of carbonyl (C=O) groups is 2. The number of anilines is 1. The Kier molecular flexibility index (Phi) is 5.19. The molecule has 146 valence electrons. The smallest absolute Gasteiger partial charge is 0.227 e. The average molecular weight is 380 g/mol. The van der Waals surface area contributed by atoms with Gasteiger partial charge in [0.1, 0.15) is 11.5 Å². The van der Waals surface area contributed by atoms with Crippen molar-refractivity contribution in [3.8, 4) is 11.5 Å². The summed E-state index contributed by atoms with van der Waals surface area (Å²) in [6.45, 7) is 3.36. The monoisotopic (exact) mass is 380 g/mol. The van der Waals surface area contributed by atoms with Crippen molar-refractivity contribution in [2.24, 2.45) is 5.92 Å². The number of nitrogens with one attached hydrogen (secondary N) is 1. The van der Waals surface area contributed by atoms with Crippen LogP contribution in [-0.4, -0.2) is 31.6 Å². The van der Waals surface area contributed by atoms with Gasteiger partial charge in [-0.15, -0.1) is 0 Å². The molecule has 0 spiro atoms. The minimum atomic E-state index is -0.378. The molecule has 28 heavy (non-hydrogen) atoms. The predicted octanol–water partition coefficient (Wildman–Crippen LogP) is 3.08. The number of fused-ring (bicyclic) bond motifs is 1. The topological polar surface area (TPSA) is 67.9 Å². The summed E-state index contributed by atoms with van der Waals surface area (Å²) in [5.74, 6) is 0.954. The van der Waals surface area contributed by atoms with Crippen LogP contribution in [-0.2, 0) is 9.59 Å². The van der Waals surface area contributed by atoms with E-state index in [1.807, 2.05) is 55.5 Å². The van der Waals surface area contributed by atoms with E-state index in [0.717, 1.165) is 23.4 Å². The van der Waals surface area contributed by atoms with Gasteiger partial charge in [0, 0.05) is 24.9 Å². The summed E-state index contributed by atoms with van der Waals surface area (Å²) in [6.07, 6.45) is 0.928. The second-order valence-electron chi connectivity index (χ2n) is 7.04. The van der Waals surface area contributed by atoms with Crippen molar-refractivity contribution in [1.29, 1.82) is 0 Å². The van der Waals surface area contributed by atoms with Crippen molar-refractivity contribution >= 4 is 17.5 Å². The van der Waals surface area contributed by atoms with E-state index in [1.165, 1.54) is 0 Å². The Balaban J connectivity index is 1.47. The second-order valence-corrected chi connectivity index (χ2v) is 7.04. The second kappa shape index (κ2) is 7.92. The number of nitrogens with zero attached hydrogens (tertiary/aromatic N) is 1. The summed E-state index contributed by atoms with van der Waals surface area (Å²) in [5, 5.41) is 3.12. The van der Waals surface area contributed by atoms with Gasteiger partial charge in [0.25, 0.3) is 0 Å². The highest BCUT2D eigenvalue weighted by atomic mass is 16.5. The zero-order valence-corrected chi connectivity index (χ0v) is 15.9. The molecule has 1 fully saturated rings. The third-order valence-electron chi connectivity index (χ3n) is 5.23. The van der Waals surface area contributed by atoms with Gasteiger partial charge in [-0.05, 0) is 25.1 Å². The highest BCUT2D eigenvalue weighted by Gasteiger charge is 2.37. The molecular formula is C22H24N2O4. The van der Waals surface area contributed by atoms with Crippen LogP contribution in [0.25, 0.3) is 0 Å². The molecule has 2 heterocycles. The summed E-state index contributed by atoms with van der Waals surface area (Å²) in [7, 11) is 0. The molecule has 6 nitrogen and oxygen atoms in total. The van der Waals surface area contributed by atoms with Crippen LogP contribution in [0, 0.1) is 5.92 Å². The molecule has 2 aromatic carbocycles. The molecule has 0 radical (unpaired) electrons. The maximum atomic E-state index is 12.9. The summed E-state index contributed by atoms with van der Waals surface area (Å²) in [6, 6.07) is 15.1. The third kappa shape index (κ3) is 3.54. The van der Waals surface area contributed by atoms with Gasteiger partial charge >= 0.3 is 0 Å². The minimum absolute atomic E-state index is 0.0559. The number of benzene rings is 2. The first-order chi connectivity index (χ1) is 13.7. The highest BCUT2D eigenvalue weighted by Crippen LogP contribution is 2.35. The Labute approximate surface area is 164 Å². The lowest BCUT2D eigenvalue weighted by molar-refractivity contribution is -0.127.